The molecule has 0 fully saturated rings. The minimum absolute atomic E-state index is 0.238. The van der Waals surface area contributed by atoms with Crippen molar-refractivity contribution in [1.29, 1.82) is 0 Å². The minimum Gasteiger partial charge on any atom is -0.481 e. The summed E-state index contributed by atoms with van der Waals surface area (Å²) in [6, 6.07) is 0.246. The lowest BCUT2D eigenvalue weighted by Crippen LogP contribution is -2.29. The number of aromatic amines is 1. The van der Waals surface area contributed by atoms with Gasteiger partial charge in [0.05, 0.1) is 11.9 Å². The summed E-state index contributed by atoms with van der Waals surface area (Å²) >= 11 is 0. The van der Waals surface area contributed by atoms with Crippen molar-refractivity contribution in [2.75, 3.05) is 6.54 Å². The topological polar surface area (TPSA) is 78.0 Å². The highest BCUT2D eigenvalue weighted by atomic mass is 16.4. The van der Waals surface area contributed by atoms with Crippen LogP contribution in [0.3, 0.4) is 0 Å². The summed E-state index contributed by atoms with van der Waals surface area (Å²) in [5, 5.41) is 18.9. The van der Waals surface area contributed by atoms with E-state index in [4.69, 9.17) is 5.11 Å². The normalized spacial score (nSPS) is 19.9. The molecule has 0 aromatic carbocycles. The molecule has 0 spiro atoms. The van der Waals surface area contributed by atoms with Crippen LogP contribution in [-0.2, 0) is 11.2 Å². The van der Waals surface area contributed by atoms with E-state index in [1.807, 2.05) is 6.20 Å². The van der Waals surface area contributed by atoms with Gasteiger partial charge in [0.15, 0.2) is 0 Å². The highest BCUT2D eigenvalue weighted by Crippen LogP contribution is 2.24. The maximum atomic E-state index is 10.4. The lowest BCUT2D eigenvalue weighted by Gasteiger charge is -2.23. The highest BCUT2D eigenvalue weighted by Gasteiger charge is 2.20. The lowest BCUT2D eigenvalue weighted by atomic mass is 9.98. The molecule has 3 N–H and O–H groups in total. The van der Waals surface area contributed by atoms with Crippen LogP contribution in [0.1, 0.15) is 36.6 Å². The SMILES string of the molecule is O=C(O)CCCC1NCCc2cn[nH]c21. The quantitative estimate of drug-likeness (QED) is 0.687. The Bertz CT molecular complexity index is 348. The summed E-state index contributed by atoms with van der Waals surface area (Å²) < 4.78 is 0. The Morgan fingerprint density at radius 2 is 2.53 bits per heavy atom. The molecule has 82 valence electrons. The molecule has 0 bridgehead atoms. The highest BCUT2D eigenvalue weighted by molar-refractivity contribution is 5.66. The van der Waals surface area contributed by atoms with Crippen LogP contribution in [0.15, 0.2) is 6.20 Å². The number of H-pyrrole nitrogens is 1. The summed E-state index contributed by atoms with van der Waals surface area (Å²) in [6.07, 6.45) is 4.65. The van der Waals surface area contributed by atoms with E-state index in [1.54, 1.807) is 0 Å². The molecule has 0 saturated carbocycles. The van der Waals surface area contributed by atoms with E-state index in [0.29, 0.717) is 6.42 Å². The fourth-order valence-electron chi connectivity index (χ4n) is 2.01. The van der Waals surface area contributed by atoms with Gasteiger partial charge in [-0.05, 0) is 31.4 Å². The van der Waals surface area contributed by atoms with Crippen LogP contribution in [0.2, 0.25) is 0 Å². The Balaban J connectivity index is 1.92. The Hall–Kier alpha value is -1.36. The zero-order chi connectivity index (χ0) is 10.7. The fourth-order valence-corrected chi connectivity index (χ4v) is 2.01. The third kappa shape index (κ3) is 2.36. The Morgan fingerprint density at radius 3 is 3.33 bits per heavy atom. The number of nitrogens with zero attached hydrogens (tertiary/aromatic N) is 1. The molecule has 1 atom stereocenters. The Labute approximate surface area is 87.9 Å². The van der Waals surface area contributed by atoms with Crippen molar-refractivity contribution in [2.24, 2.45) is 0 Å². The molecule has 5 heteroatoms. The van der Waals surface area contributed by atoms with Crippen molar-refractivity contribution in [3.05, 3.63) is 17.5 Å². The summed E-state index contributed by atoms with van der Waals surface area (Å²) in [5.74, 6) is -0.726. The van der Waals surface area contributed by atoms with Crippen LogP contribution in [0.5, 0.6) is 0 Å². The van der Waals surface area contributed by atoms with Gasteiger partial charge in [-0.15, -0.1) is 0 Å². The number of carboxylic acid groups (broad SMARTS) is 1. The van der Waals surface area contributed by atoms with Gasteiger partial charge in [0, 0.05) is 12.5 Å². The third-order valence-corrected chi connectivity index (χ3v) is 2.77. The molecule has 0 aliphatic carbocycles. The average molecular weight is 209 g/mol. The number of hydrogen-bond donors (Lipinski definition) is 3. The number of rotatable bonds is 4. The fraction of sp³-hybridized carbons (Fsp3) is 0.600. The predicted molar refractivity (Wildman–Crippen MR) is 54.5 cm³/mol. The molecule has 1 aromatic heterocycles. The molecule has 0 saturated heterocycles. The largest absolute Gasteiger partial charge is 0.481 e. The third-order valence-electron chi connectivity index (χ3n) is 2.77. The van der Waals surface area contributed by atoms with E-state index in [1.165, 1.54) is 5.56 Å². The van der Waals surface area contributed by atoms with Crippen molar-refractivity contribution in [3.63, 3.8) is 0 Å². The summed E-state index contributed by atoms with van der Waals surface area (Å²) in [7, 11) is 0. The maximum absolute atomic E-state index is 10.4. The van der Waals surface area contributed by atoms with Crippen molar-refractivity contribution in [2.45, 2.75) is 31.7 Å². The molecule has 1 unspecified atom stereocenters. The molecule has 0 amide bonds. The molecular formula is C10H15N3O2. The van der Waals surface area contributed by atoms with Crippen molar-refractivity contribution in [3.8, 4) is 0 Å². The second-order valence-corrected chi connectivity index (χ2v) is 3.85. The van der Waals surface area contributed by atoms with E-state index in [-0.39, 0.29) is 12.5 Å². The molecular weight excluding hydrogens is 194 g/mol. The number of nitrogens with one attached hydrogen (secondary N) is 2. The predicted octanol–water partition coefficient (Wildman–Crippen LogP) is 0.851. The van der Waals surface area contributed by atoms with Gasteiger partial charge in [-0.2, -0.15) is 5.10 Å². The van der Waals surface area contributed by atoms with Gasteiger partial charge in [-0.3, -0.25) is 9.89 Å². The average Bonchev–Trinajstić information content (AvgIpc) is 2.65. The van der Waals surface area contributed by atoms with Crippen molar-refractivity contribution >= 4 is 5.97 Å². The van der Waals surface area contributed by atoms with Crippen molar-refractivity contribution < 1.29 is 9.90 Å². The first-order chi connectivity index (χ1) is 7.27. The van der Waals surface area contributed by atoms with E-state index < -0.39 is 5.97 Å². The van der Waals surface area contributed by atoms with Crippen molar-refractivity contribution in [1.82, 2.24) is 15.5 Å². The number of carbonyl (C=O) groups is 1. The molecule has 2 rings (SSSR count). The Morgan fingerprint density at radius 1 is 1.67 bits per heavy atom. The molecule has 1 aliphatic rings. The number of aromatic nitrogens is 2. The zero-order valence-electron chi connectivity index (χ0n) is 8.49. The minimum atomic E-state index is -0.726. The van der Waals surface area contributed by atoms with Gasteiger partial charge in [0.1, 0.15) is 0 Å². The lowest BCUT2D eigenvalue weighted by molar-refractivity contribution is -0.137. The maximum Gasteiger partial charge on any atom is 0.303 e. The Kier molecular flexibility index (Phi) is 3.01. The van der Waals surface area contributed by atoms with Gasteiger partial charge >= 0.3 is 5.97 Å². The van der Waals surface area contributed by atoms with Crippen LogP contribution in [-0.4, -0.2) is 27.8 Å². The second kappa shape index (κ2) is 4.44. The molecule has 0 radical (unpaired) electrons. The van der Waals surface area contributed by atoms with Crippen LogP contribution < -0.4 is 5.32 Å². The second-order valence-electron chi connectivity index (χ2n) is 3.85. The standard InChI is InChI=1S/C10H15N3O2/c14-9(15)3-1-2-8-10-7(4-5-11-8)6-12-13-10/h6,8,11H,1-5H2,(H,12,13)(H,14,15). The molecule has 1 aromatic rings. The van der Waals surface area contributed by atoms with Gasteiger partial charge in [-0.1, -0.05) is 0 Å². The van der Waals surface area contributed by atoms with Crippen LogP contribution in [0.25, 0.3) is 0 Å². The van der Waals surface area contributed by atoms with Gasteiger partial charge in [-0.25, -0.2) is 0 Å². The number of aliphatic carboxylic acids is 1. The number of hydrogen-bond acceptors (Lipinski definition) is 3. The van der Waals surface area contributed by atoms with E-state index >= 15 is 0 Å². The number of fused-ring (bicyclic) bond motifs is 1. The van der Waals surface area contributed by atoms with E-state index in [2.05, 4.69) is 15.5 Å². The smallest absolute Gasteiger partial charge is 0.303 e. The van der Waals surface area contributed by atoms with Crippen LogP contribution >= 0.6 is 0 Å². The van der Waals surface area contributed by atoms with Gasteiger partial charge in [0.25, 0.3) is 0 Å². The summed E-state index contributed by atoms with van der Waals surface area (Å²) in [5.41, 5.74) is 2.39. The van der Waals surface area contributed by atoms with Gasteiger partial charge in [0.2, 0.25) is 0 Å². The van der Waals surface area contributed by atoms with Gasteiger partial charge < -0.3 is 10.4 Å². The van der Waals surface area contributed by atoms with E-state index in [9.17, 15) is 4.79 Å². The molecule has 2 heterocycles. The number of carboxylic acids is 1. The van der Waals surface area contributed by atoms with Crippen LogP contribution in [0, 0.1) is 0 Å². The van der Waals surface area contributed by atoms with E-state index in [0.717, 1.165) is 25.1 Å². The summed E-state index contributed by atoms with van der Waals surface area (Å²) in [6.45, 7) is 0.949. The van der Waals surface area contributed by atoms with Crippen LogP contribution in [0.4, 0.5) is 0 Å². The molecule has 15 heavy (non-hydrogen) atoms. The summed E-state index contributed by atoms with van der Waals surface area (Å²) in [4.78, 5) is 10.4. The monoisotopic (exact) mass is 209 g/mol. The molecule has 5 nitrogen and oxygen atoms in total. The first-order valence-corrected chi connectivity index (χ1v) is 5.24. The molecule has 1 aliphatic heterocycles. The first-order valence-electron chi connectivity index (χ1n) is 5.24. The first kappa shape index (κ1) is 10.2. The zero-order valence-corrected chi connectivity index (χ0v) is 8.49.